The number of nitrogens with one attached hydrogen (secondary N) is 1. The van der Waals surface area contributed by atoms with E-state index in [1.165, 1.54) is 23.5 Å². The Hall–Kier alpha value is -2.21. The summed E-state index contributed by atoms with van der Waals surface area (Å²) in [4.78, 5) is 28.1. The molecule has 24 heavy (non-hydrogen) atoms. The molecule has 1 aromatic heterocycles. The van der Waals surface area contributed by atoms with Gasteiger partial charge in [-0.25, -0.2) is 4.39 Å². The molecule has 126 valence electrons. The molecular formula is C18H19FN2O2S. The topological polar surface area (TPSA) is 49.4 Å². The quantitative estimate of drug-likeness (QED) is 0.928. The molecule has 2 heterocycles. The summed E-state index contributed by atoms with van der Waals surface area (Å²) < 4.78 is 13.1. The van der Waals surface area contributed by atoms with Crippen LogP contribution in [0.3, 0.4) is 0 Å². The van der Waals surface area contributed by atoms with Crippen LogP contribution in [0.2, 0.25) is 0 Å². The number of thiophene rings is 1. The third-order valence-electron chi connectivity index (χ3n) is 4.26. The lowest BCUT2D eigenvalue weighted by atomic mass is 10.1. The maximum atomic E-state index is 13.1. The minimum atomic E-state index is -0.414. The Kier molecular flexibility index (Phi) is 4.66. The van der Waals surface area contributed by atoms with Crippen molar-refractivity contribution in [2.24, 2.45) is 0 Å². The number of benzene rings is 1. The van der Waals surface area contributed by atoms with Crippen molar-refractivity contribution in [1.82, 2.24) is 10.2 Å². The highest BCUT2D eigenvalue weighted by atomic mass is 32.1. The lowest BCUT2D eigenvalue weighted by Gasteiger charge is -2.34. The molecule has 0 spiro atoms. The molecule has 0 aliphatic carbocycles. The van der Waals surface area contributed by atoms with Gasteiger partial charge >= 0.3 is 0 Å². The summed E-state index contributed by atoms with van der Waals surface area (Å²) in [7, 11) is 0. The van der Waals surface area contributed by atoms with Crippen LogP contribution in [0, 0.1) is 12.7 Å². The van der Waals surface area contributed by atoms with Gasteiger partial charge in [-0.1, -0.05) is 19.1 Å². The van der Waals surface area contributed by atoms with Crippen molar-refractivity contribution < 1.29 is 14.0 Å². The van der Waals surface area contributed by atoms with Gasteiger partial charge in [0, 0.05) is 18.0 Å². The van der Waals surface area contributed by atoms with E-state index in [4.69, 9.17) is 0 Å². The van der Waals surface area contributed by atoms with E-state index in [9.17, 15) is 14.0 Å². The van der Waals surface area contributed by atoms with E-state index in [0.29, 0.717) is 24.4 Å². The van der Waals surface area contributed by atoms with Gasteiger partial charge < -0.3 is 10.2 Å². The number of carbonyl (C=O) groups is 2. The molecule has 1 saturated heterocycles. The van der Waals surface area contributed by atoms with Crippen LogP contribution in [0.4, 0.5) is 4.39 Å². The number of halogens is 1. The first kappa shape index (κ1) is 16.6. The van der Waals surface area contributed by atoms with Crippen LogP contribution >= 0.6 is 11.3 Å². The Labute approximate surface area is 144 Å². The summed E-state index contributed by atoms with van der Waals surface area (Å²) in [6.07, 6.45) is 0.590. The molecule has 2 amide bonds. The minimum Gasteiger partial charge on any atom is -0.353 e. The molecule has 1 fully saturated rings. The maximum Gasteiger partial charge on any atom is 0.264 e. The van der Waals surface area contributed by atoms with Gasteiger partial charge in [-0.05, 0) is 42.7 Å². The van der Waals surface area contributed by atoms with E-state index in [1.807, 2.05) is 19.9 Å². The van der Waals surface area contributed by atoms with Gasteiger partial charge in [-0.2, -0.15) is 0 Å². The number of carbonyl (C=O) groups excluding carboxylic acids is 2. The molecule has 1 atom stereocenters. The van der Waals surface area contributed by atoms with Gasteiger partial charge in [0.15, 0.2) is 0 Å². The van der Waals surface area contributed by atoms with Crippen molar-refractivity contribution in [2.75, 3.05) is 13.1 Å². The Morgan fingerprint density at radius 3 is 2.75 bits per heavy atom. The molecule has 4 nitrogen and oxygen atoms in total. The van der Waals surface area contributed by atoms with E-state index in [1.54, 1.807) is 17.0 Å². The van der Waals surface area contributed by atoms with Crippen molar-refractivity contribution in [1.29, 1.82) is 0 Å². The summed E-state index contributed by atoms with van der Waals surface area (Å²) in [6, 6.07) is 7.67. The number of aryl methyl sites for hydroxylation is 1. The number of rotatable bonds is 3. The van der Waals surface area contributed by atoms with Crippen LogP contribution in [0.15, 0.2) is 30.3 Å². The van der Waals surface area contributed by atoms with Crippen molar-refractivity contribution in [2.45, 2.75) is 26.3 Å². The lowest BCUT2D eigenvalue weighted by Crippen LogP contribution is -2.56. The number of hydrogen-bond donors (Lipinski definition) is 1. The van der Waals surface area contributed by atoms with Gasteiger partial charge in [0.05, 0.1) is 4.88 Å². The normalized spacial score (nSPS) is 17.7. The molecule has 1 N–H and O–H groups in total. The zero-order chi connectivity index (χ0) is 17.3. The molecule has 0 unspecified atom stereocenters. The van der Waals surface area contributed by atoms with Crippen molar-refractivity contribution in [3.8, 4) is 11.1 Å². The van der Waals surface area contributed by atoms with Gasteiger partial charge in [0.2, 0.25) is 5.91 Å². The van der Waals surface area contributed by atoms with Crippen LogP contribution < -0.4 is 5.32 Å². The van der Waals surface area contributed by atoms with E-state index in [2.05, 4.69) is 5.32 Å². The van der Waals surface area contributed by atoms with Gasteiger partial charge in [-0.3, -0.25) is 9.59 Å². The first-order chi connectivity index (χ1) is 11.5. The molecule has 6 heteroatoms. The fourth-order valence-electron chi connectivity index (χ4n) is 3.01. The van der Waals surface area contributed by atoms with Gasteiger partial charge in [-0.15, -0.1) is 11.3 Å². The van der Waals surface area contributed by atoms with Crippen LogP contribution in [0.25, 0.3) is 11.1 Å². The molecular weight excluding hydrogens is 327 g/mol. The van der Waals surface area contributed by atoms with E-state index >= 15 is 0 Å². The second-order valence-corrected chi connectivity index (χ2v) is 7.06. The smallest absolute Gasteiger partial charge is 0.264 e. The summed E-state index contributed by atoms with van der Waals surface area (Å²) in [5.74, 6) is -0.490. The molecule has 2 aromatic rings. The molecule has 0 saturated carbocycles. The monoisotopic (exact) mass is 346 g/mol. The summed E-state index contributed by atoms with van der Waals surface area (Å²) in [5, 5.41) is 2.80. The fourth-order valence-corrected chi connectivity index (χ4v) is 4.01. The van der Waals surface area contributed by atoms with E-state index in [0.717, 1.165) is 16.0 Å². The van der Waals surface area contributed by atoms with Crippen molar-refractivity contribution in [3.05, 3.63) is 45.9 Å². The third-order valence-corrected chi connectivity index (χ3v) is 5.30. The van der Waals surface area contributed by atoms with Gasteiger partial charge in [0.1, 0.15) is 11.9 Å². The number of amides is 2. The van der Waals surface area contributed by atoms with Crippen LogP contribution in [-0.2, 0) is 4.79 Å². The highest BCUT2D eigenvalue weighted by molar-refractivity contribution is 7.14. The Bertz CT molecular complexity index is 770. The van der Waals surface area contributed by atoms with E-state index in [-0.39, 0.29) is 17.6 Å². The highest BCUT2D eigenvalue weighted by Gasteiger charge is 2.33. The number of nitrogens with zero attached hydrogens (tertiary/aromatic N) is 1. The Morgan fingerprint density at radius 1 is 1.38 bits per heavy atom. The molecule has 0 bridgehead atoms. The Balaban J connectivity index is 1.90. The predicted molar refractivity (Wildman–Crippen MR) is 92.6 cm³/mol. The Morgan fingerprint density at radius 2 is 2.08 bits per heavy atom. The van der Waals surface area contributed by atoms with Crippen LogP contribution in [0.5, 0.6) is 0 Å². The molecule has 0 radical (unpaired) electrons. The average Bonchev–Trinajstić information content (AvgIpc) is 2.96. The zero-order valence-corrected chi connectivity index (χ0v) is 14.5. The second-order valence-electron chi connectivity index (χ2n) is 5.80. The van der Waals surface area contributed by atoms with Crippen LogP contribution in [-0.4, -0.2) is 35.8 Å². The highest BCUT2D eigenvalue weighted by Crippen LogP contribution is 2.32. The SMILES string of the molecule is CC[C@@H]1C(=O)NCCN1C(=O)c1cc(-c2ccc(F)cc2)c(C)s1. The predicted octanol–water partition coefficient (Wildman–Crippen LogP) is 3.21. The minimum absolute atomic E-state index is 0.0934. The molecule has 1 aliphatic rings. The molecule has 1 aromatic carbocycles. The van der Waals surface area contributed by atoms with Crippen molar-refractivity contribution in [3.63, 3.8) is 0 Å². The van der Waals surface area contributed by atoms with Gasteiger partial charge in [0.25, 0.3) is 5.91 Å². The standard InChI is InChI=1S/C18H19FN2O2S/c1-3-15-17(22)20-8-9-21(15)18(23)16-10-14(11(2)24-16)12-4-6-13(19)7-5-12/h4-7,10,15H,3,8-9H2,1-2H3,(H,20,22)/t15-/m1/s1. The molecule has 3 rings (SSSR count). The fraction of sp³-hybridized carbons (Fsp3) is 0.333. The maximum absolute atomic E-state index is 13.1. The largest absolute Gasteiger partial charge is 0.353 e. The second kappa shape index (κ2) is 6.73. The summed E-state index contributed by atoms with van der Waals surface area (Å²) >= 11 is 1.41. The summed E-state index contributed by atoms with van der Waals surface area (Å²) in [6.45, 7) is 4.85. The third kappa shape index (κ3) is 3.06. The summed E-state index contributed by atoms with van der Waals surface area (Å²) in [5.41, 5.74) is 1.81. The van der Waals surface area contributed by atoms with E-state index < -0.39 is 6.04 Å². The first-order valence-electron chi connectivity index (χ1n) is 7.96. The molecule has 1 aliphatic heterocycles. The number of hydrogen-bond acceptors (Lipinski definition) is 3. The lowest BCUT2D eigenvalue weighted by molar-refractivity contribution is -0.127. The van der Waals surface area contributed by atoms with Crippen LogP contribution in [0.1, 0.15) is 27.9 Å². The average molecular weight is 346 g/mol. The zero-order valence-electron chi connectivity index (χ0n) is 13.6. The first-order valence-corrected chi connectivity index (χ1v) is 8.78. The van der Waals surface area contributed by atoms with Crippen molar-refractivity contribution >= 4 is 23.2 Å². The number of piperazine rings is 1.